The van der Waals surface area contributed by atoms with Crippen LogP contribution < -0.4 is 4.74 Å². The fourth-order valence-electron chi connectivity index (χ4n) is 2.38. The number of carbonyl (C=O) groups excluding carboxylic acids is 1. The molecule has 7 heteroatoms. The van der Waals surface area contributed by atoms with Crippen LogP contribution in [0.5, 0.6) is 5.75 Å². The Morgan fingerprint density at radius 1 is 1.41 bits per heavy atom. The number of hydrogen-bond acceptors (Lipinski definition) is 5. The lowest BCUT2D eigenvalue weighted by Gasteiger charge is -2.15. The molecule has 2 heterocycles. The number of nitrogens with zero attached hydrogens (tertiary/aromatic N) is 4. The van der Waals surface area contributed by atoms with Crippen molar-refractivity contribution < 1.29 is 14.1 Å². The van der Waals surface area contributed by atoms with Gasteiger partial charge in [0.15, 0.2) is 5.82 Å². The predicted octanol–water partition coefficient (Wildman–Crippen LogP) is 1.84. The van der Waals surface area contributed by atoms with Gasteiger partial charge in [0.2, 0.25) is 6.39 Å². The highest BCUT2D eigenvalue weighted by molar-refractivity contribution is 5.98. The van der Waals surface area contributed by atoms with E-state index < -0.39 is 0 Å². The first kappa shape index (κ1) is 14.1. The molecule has 0 N–H and O–H groups in total. The lowest BCUT2D eigenvalue weighted by atomic mass is 10.2. The summed E-state index contributed by atoms with van der Waals surface area (Å²) < 4.78 is 11.8. The van der Waals surface area contributed by atoms with E-state index in [4.69, 9.17) is 4.74 Å². The standard InChI is InChI=1S/C15H16N4O3/c1-18(8-14-16-9-22-17-14)15(20)13-6-10-4-5-11(21-3)7-12(10)19(13)2/h4-7,9H,8H2,1-3H3. The van der Waals surface area contributed by atoms with Gasteiger partial charge in [-0.3, -0.25) is 4.79 Å². The predicted molar refractivity (Wildman–Crippen MR) is 79.6 cm³/mol. The highest BCUT2D eigenvalue weighted by Gasteiger charge is 2.19. The molecule has 0 unspecified atom stereocenters. The molecule has 0 bridgehead atoms. The highest BCUT2D eigenvalue weighted by Crippen LogP contribution is 2.24. The van der Waals surface area contributed by atoms with Crippen LogP contribution in [-0.2, 0) is 13.6 Å². The van der Waals surface area contributed by atoms with Crippen LogP contribution in [0.15, 0.2) is 35.2 Å². The smallest absolute Gasteiger partial charge is 0.270 e. The van der Waals surface area contributed by atoms with Crippen molar-refractivity contribution in [2.24, 2.45) is 7.05 Å². The van der Waals surface area contributed by atoms with E-state index >= 15 is 0 Å². The molecule has 114 valence electrons. The van der Waals surface area contributed by atoms with Gasteiger partial charge in [-0.05, 0) is 18.2 Å². The lowest BCUT2D eigenvalue weighted by Crippen LogP contribution is -2.28. The zero-order chi connectivity index (χ0) is 15.7. The minimum Gasteiger partial charge on any atom is -0.497 e. The summed E-state index contributed by atoms with van der Waals surface area (Å²) in [5.74, 6) is 1.12. The number of methoxy groups -OCH3 is 1. The number of hydrogen-bond donors (Lipinski definition) is 0. The van der Waals surface area contributed by atoms with E-state index in [-0.39, 0.29) is 5.91 Å². The number of fused-ring (bicyclic) bond motifs is 1. The summed E-state index contributed by atoms with van der Waals surface area (Å²) in [6.07, 6.45) is 1.25. The van der Waals surface area contributed by atoms with Gasteiger partial charge in [0.1, 0.15) is 11.4 Å². The number of benzene rings is 1. The molecule has 0 aliphatic rings. The maximum Gasteiger partial charge on any atom is 0.270 e. The number of rotatable bonds is 4. The van der Waals surface area contributed by atoms with E-state index in [1.807, 2.05) is 35.9 Å². The molecule has 0 saturated heterocycles. The Balaban J connectivity index is 1.91. The molecule has 0 saturated carbocycles. The van der Waals surface area contributed by atoms with Crippen molar-refractivity contribution >= 4 is 16.8 Å². The van der Waals surface area contributed by atoms with Gasteiger partial charge in [0, 0.05) is 25.5 Å². The number of aryl methyl sites for hydroxylation is 1. The quantitative estimate of drug-likeness (QED) is 0.735. The average Bonchev–Trinajstić information content (AvgIpc) is 3.14. The van der Waals surface area contributed by atoms with Crippen molar-refractivity contribution in [3.63, 3.8) is 0 Å². The van der Waals surface area contributed by atoms with Gasteiger partial charge in [-0.15, -0.1) is 0 Å². The maximum absolute atomic E-state index is 12.6. The Hall–Kier alpha value is -2.83. The molecule has 0 atom stereocenters. The minimum absolute atomic E-state index is 0.109. The van der Waals surface area contributed by atoms with Gasteiger partial charge in [-0.25, -0.2) is 0 Å². The Bertz CT molecular complexity index is 808. The van der Waals surface area contributed by atoms with Crippen molar-refractivity contribution in [1.29, 1.82) is 0 Å². The Morgan fingerprint density at radius 3 is 2.91 bits per heavy atom. The van der Waals surface area contributed by atoms with Gasteiger partial charge < -0.3 is 18.7 Å². The second-order valence-corrected chi connectivity index (χ2v) is 5.02. The number of carbonyl (C=O) groups is 1. The molecule has 22 heavy (non-hydrogen) atoms. The number of amides is 1. The number of aromatic nitrogens is 3. The molecule has 3 rings (SSSR count). The molecule has 0 aliphatic heterocycles. The maximum atomic E-state index is 12.6. The summed E-state index contributed by atoms with van der Waals surface area (Å²) in [5, 5.41) is 4.70. The van der Waals surface area contributed by atoms with Crippen molar-refractivity contribution in [3.05, 3.63) is 42.2 Å². The van der Waals surface area contributed by atoms with Crippen LogP contribution in [0.4, 0.5) is 0 Å². The highest BCUT2D eigenvalue weighted by atomic mass is 16.5. The second kappa shape index (κ2) is 5.51. The van der Waals surface area contributed by atoms with E-state index in [1.54, 1.807) is 19.1 Å². The van der Waals surface area contributed by atoms with Crippen LogP contribution in [-0.4, -0.2) is 39.7 Å². The first-order valence-corrected chi connectivity index (χ1v) is 6.74. The summed E-state index contributed by atoms with van der Waals surface area (Å²) in [7, 11) is 5.18. The van der Waals surface area contributed by atoms with E-state index in [0.29, 0.717) is 18.1 Å². The summed E-state index contributed by atoms with van der Waals surface area (Å²) >= 11 is 0. The lowest BCUT2D eigenvalue weighted by molar-refractivity contribution is 0.0771. The van der Waals surface area contributed by atoms with Crippen LogP contribution in [0.2, 0.25) is 0 Å². The number of ether oxygens (including phenoxy) is 1. The molecule has 1 amide bonds. The van der Waals surface area contributed by atoms with Gasteiger partial charge in [0.05, 0.1) is 19.2 Å². The van der Waals surface area contributed by atoms with Crippen LogP contribution in [0.1, 0.15) is 16.3 Å². The summed E-state index contributed by atoms with van der Waals surface area (Å²) in [5.41, 5.74) is 1.53. The van der Waals surface area contributed by atoms with Crippen molar-refractivity contribution in [2.45, 2.75) is 6.54 Å². The molecule has 0 fully saturated rings. The summed E-state index contributed by atoms with van der Waals surface area (Å²) in [6.45, 7) is 0.292. The molecule has 0 radical (unpaired) electrons. The summed E-state index contributed by atoms with van der Waals surface area (Å²) in [6, 6.07) is 7.58. The van der Waals surface area contributed by atoms with Gasteiger partial charge in [-0.1, -0.05) is 5.16 Å². The van der Waals surface area contributed by atoms with E-state index in [0.717, 1.165) is 16.7 Å². The van der Waals surface area contributed by atoms with E-state index in [9.17, 15) is 4.79 Å². The molecule has 3 aromatic rings. The monoisotopic (exact) mass is 300 g/mol. The van der Waals surface area contributed by atoms with Gasteiger partial charge in [0.25, 0.3) is 5.91 Å². The topological polar surface area (TPSA) is 73.4 Å². The fraction of sp³-hybridized carbons (Fsp3) is 0.267. The largest absolute Gasteiger partial charge is 0.497 e. The third kappa shape index (κ3) is 2.41. The van der Waals surface area contributed by atoms with E-state index in [2.05, 4.69) is 14.7 Å². The Kier molecular flexibility index (Phi) is 3.54. The minimum atomic E-state index is -0.109. The molecule has 2 aromatic heterocycles. The van der Waals surface area contributed by atoms with E-state index in [1.165, 1.54) is 6.39 Å². The molecule has 7 nitrogen and oxygen atoms in total. The molecule has 0 spiro atoms. The average molecular weight is 300 g/mol. The molecule has 0 aliphatic carbocycles. The van der Waals surface area contributed by atoms with Crippen LogP contribution in [0.25, 0.3) is 10.9 Å². The van der Waals surface area contributed by atoms with Crippen LogP contribution >= 0.6 is 0 Å². The molecule has 1 aromatic carbocycles. The first-order chi connectivity index (χ1) is 10.6. The third-order valence-electron chi connectivity index (χ3n) is 3.60. The van der Waals surface area contributed by atoms with Crippen molar-refractivity contribution in [3.8, 4) is 5.75 Å². The third-order valence-corrected chi connectivity index (χ3v) is 3.60. The van der Waals surface area contributed by atoms with Crippen LogP contribution in [0.3, 0.4) is 0 Å². The Morgan fingerprint density at radius 2 is 2.23 bits per heavy atom. The first-order valence-electron chi connectivity index (χ1n) is 6.74. The van der Waals surface area contributed by atoms with Gasteiger partial charge >= 0.3 is 0 Å². The summed E-state index contributed by atoms with van der Waals surface area (Å²) in [4.78, 5) is 18.1. The van der Waals surface area contributed by atoms with Gasteiger partial charge in [-0.2, -0.15) is 4.98 Å². The second-order valence-electron chi connectivity index (χ2n) is 5.02. The van der Waals surface area contributed by atoms with Crippen LogP contribution in [0, 0.1) is 0 Å². The van der Waals surface area contributed by atoms with Crippen molar-refractivity contribution in [2.75, 3.05) is 14.2 Å². The normalized spacial score (nSPS) is 10.9. The molecular formula is C15H16N4O3. The zero-order valence-electron chi connectivity index (χ0n) is 12.6. The SMILES string of the molecule is COc1ccc2cc(C(=O)N(C)Cc3ncon3)n(C)c2c1. The fourth-order valence-corrected chi connectivity index (χ4v) is 2.38. The van der Waals surface area contributed by atoms with Crippen molar-refractivity contribution in [1.82, 2.24) is 19.6 Å². The Labute approximate surface area is 127 Å². The zero-order valence-corrected chi connectivity index (χ0v) is 12.6. The molecular weight excluding hydrogens is 284 g/mol.